The molecule has 0 aliphatic rings. The molecule has 8 nitrogen and oxygen atoms in total. The molecule has 0 radical (unpaired) electrons. The molecule has 0 fully saturated rings. The van der Waals surface area contributed by atoms with Crippen molar-refractivity contribution in [3.8, 4) is 0 Å². The molecule has 218 valence electrons. The van der Waals surface area contributed by atoms with Crippen LogP contribution in [-0.2, 0) is 27.8 Å². The number of anilines is 2. The molecule has 2 aromatic carbocycles. The number of amides is 1. The van der Waals surface area contributed by atoms with Crippen molar-refractivity contribution in [1.82, 2.24) is 9.88 Å². The average molecular weight is 599 g/mol. The van der Waals surface area contributed by atoms with Gasteiger partial charge in [0, 0.05) is 35.8 Å². The topological polar surface area (TPSA) is 91.8 Å². The van der Waals surface area contributed by atoms with Crippen LogP contribution in [0.25, 0.3) is 0 Å². The highest BCUT2D eigenvalue weighted by atomic mass is 32.2. The summed E-state index contributed by atoms with van der Waals surface area (Å²) in [6.07, 6.45) is -1.37. The van der Waals surface area contributed by atoms with Crippen LogP contribution in [0.3, 0.4) is 0 Å². The number of hydrogen-bond acceptors (Lipinski definition) is 8. The number of nitrogens with zero attached hydrogens (tertiary/aromatic N) is 3. The summed E-state index contributed by atoms with van der Waals surface area (Å²) in [6, 6.07) is 4.74. The van der Waals surface area contributed by atoms with E-state index in [2.05, 4.69) is 10.3 Å². The van der Waals surface area contributed by atoms with Crippen molar-refractivity contribution in [2.45, 2.75) is 71.2 Å². The summed E-state index contributed by atoms with van der Waals surface area (Å²) in [4.78, 5) is 17.3. The molecule has 13 heteroatoms. The maximum absolute atomic E-state index is 15.3. The first kappa shape index (κ1) is 31.4. The van der Waals surface area contributed by atoms with E-state index in [1.165, 1.54) is 37.7 Å². The number of rotatable bonds is 9. The molecule has 1 heterocycles. The van der Waals surface area contributed by atoms with E-state index in [0.29, 0.717) is 12.1 Å². The molecule has 0 unspecified atom stereocenters. The molecular formula is C27H33F3N4O4S2. The highest BCUT2D eigenvalue weighted by Crippen LogP contribution is 2.31. The normalized spacial score (nSPS) is 12.2. The number of halogens is 3. The number of aromatic nitrogens is 1. The molecule has 40 heavy (non-hydrogen) atoms. The summed E-state index contributed by atoms with van der Waals surface area (Å²) in [5.41, 5.74) is 1.97. The van der Waals surface area contributed by atoms with Gasteiger partial charge < -0.3 is 10.1 Å². The summed E-state index contributed by atoms with van der Waals surface area (Å²) < 4.78 is 77.5. The maximum Gasteiger partial charge on any atom is 0.430 e. The predicted molar refractivity (Wildman–Crippen MR) is 149 cm³/mol. The van der Waals surface area contributed by atoms with Crippen LogP contribution in [0.2, 0.25) is 0 Å². The third kappa shape index (κ3) is 7.12. The van der Waals surface area contributed by atoms with Gasteiger partial charge in [0.15, 0.2) is 10.7 Å². The van der Waals surface area contributed by atoms with Gasteiger partial charge in [-0.3, -0.25) is 4.90 Å². The van der Waals surface area contributed by atoms with E-state index in [-0.39, 0.29) is 28.4 Å². The van der Waals surface area contributed by atoms with E-state index >= 15 is 8.78 Å². The van der Waals surface area contributed by atoms with Crippen LogP contribution in [0, 0.1) is 24.4 Å². The number of sulfonamides is 1. The Balaban J connectivity index is 1.96. The van der Waals surface area contributed by atoms with Crippen LogP contribution >= 0.6 is 11.3 Å². The summed E-state index contributed by atoms with van der Waals surface area (Å²) in [5.74, 6) is -3.75. The molecule has 1 N–H and O–H groups in total. The second kappa shape index (κ2) is 12.1. The van der Waals surface area contributed by atoms with E-state index in [1.54, 1.807) is 6.07 Å². The van der Waals surface area contributed by atoms with E-state index < -0.39 is 44.1 Å². The van der Waals surface area contributed by atoms with Crippen molar-refractivity contribution >= 4 is 39.0 Å². The van der Waals surface area contributed by atoms with Crippen molar-refractivity contribution in [3.63, 3.8) is 0 Å². The summed E-state index contributed by atoms with van der Waals surface area (Å²) in [7, 11) is -3.22. The number of carbonyl (C=O) groups is 1. The molecule has 0 spiro atoms. The van der Waals surface area contributed by atoms with Gasteiger partial charge in [0.2, 0.25) is 0 Å². The molecule has 0 saturated carbocycles. The summed E-state index contributed by atoms with van der Waals surface area (Å²) in [6.45, 7) is 10.8. The van der Waals surface area contributed by atoms with Gasteiger partial charge in [-0.2, -0.15) is 0 Å². The average Bonchev–Trinajstić information content (AvgIpc) is 3.32. The van der Waals surface area contributed by atoms with E-state index in [9.17, 15) is 17.6 Å². The highest BCUT2D eigenvalue weighted by molar-refractivity contribution is 7.93. The van der Waals surface area contributed by atoms with Crippen molar-refractivity contribution < 1.29 is 31.1 Å². The smallest absolute Gasteiger partial charge is 0.430 e. The lowest BCUT2D eigenvalue weighted by Gasteiger charge is -2.26. The number of benzene rings is 2. The highest BCUT2D eigenvalue weighted by Gasteiger charge is 2.39. The second-order valence-corrected chi connectivity index (χ2v) is 13.0. The number of carbonyl (C=O) groups excluding carboxylic acids is 1. The summed E-state index contributed by atoms with van der Waals surface area (Å²) >= 11 is 0.982. The van der Waals surface area contributed by atoms with Crippen LogP contribution in [0.4, 0.5) is 29.5 Å². The van der Waals surface area contributed by atoms with Crippen molar-refractivity contribution in [2.24, 2.45) is 0 Å². The molecule has 0 bridgehead atoms. The maximum atomic E-state index is 15.3. The number of nitrogens with one attached hydrogen (secondary N) is 1. The van der Waals surface area contributed by atoms with E-state index in [4.69, 9.17) is 4.74 Å². The largest absolute Gasteiger partial charge is 0.443 e. The van der Waals surface area contributed by atoms with Gasteiger partial charge in [0.05, 0.1) is 5.51 Å². The Kier molecular flexibility index (Phi) is 9.53. The van der Waals surface area contributed by atoms with Gasteiger partial charge >= 0.3 is 6.09 Å². The van der Waals surface area contributed by atoms with Crippen LogP contribution in [0.5, 0.6) is 0 Å². The Labute approximate surface area is 236 Å². The zero-order valence-corrected chi connectivity index (χ0v) is 25.0. The first-order valence-electron chi connectivity index (χ1n) is 12.4. The third-order valence-electron chi connectivity index (χ3n) is 6.05. The van der Waals surface area contributed by atoms with Crippen LogP contribution < -0.4 is 9.62 Å². The molecule has 3 aromatic rings. The molecule has 0 atom stereocenters. The minimum absolute atomic E-state index is 0.109. The van der Waals surface area contributed by atoms with Gasteiger partial charge in [0.25, 0.3) is 10.0 Å². The van der Waals surface area contributed by atoms with Crippen molar-refractivity contribution in [3.05, 3.63) is 69.3 Å². The Bertz CT molecular complexity index is 1450. The first-order chi connectivity index (χ1) is 18.5. The van der Waals surface area contributed by atoms with Gasteiger partial charge in [-0.15, -0.1) is 15.6 Å². The second-order valence-electron chi connectivity index (χ2n) is 10.5. The van der Waals surface area contributed by atoms with Gasteiger partial charge in [-0.05, 0) is 77.9 Å². The molecule has 0 aliphatic carbocycles. The minimum atomic E-state index is -5.12. The quantitative estimate of drug-likeness (QED) is 0.303. The Morgan fingerprint density at radius 1 is 1.10 bits per heavy atom. The van der Waals surface area contributed by atoms with Gasteiger partial charge in [-0.1, -0.05) is 6.07 Å². The van der Waals surface area contributed by atoms with Crippen LogP contribution in [-0.4, -0.2) is 43.1 Å². The van der Waals surface area contributed by atoms with Gasteiger partial charge in [-0.25, -0.2) is 31.4 Å². The number of thiazole rings is 1. The number of hydrogen-bond donors (Lipinski definition) is 1. The molecule has 3 rings (SSSR count). The fourth-order valence-corrected chi connectivity index (χ4v) is 5.70. The lowest BCUT2D eigenvalue weighted by Crippen LogP contribution is -2.41. The molecule has 1 aromatic heterocycles. The molecule has 0 aliphatic heterocycles. The third-order valence-corrected chi connectivity index (χ3v) is 8.35. The fourth-order valence-electron chi connectivity index (χ4n) is 3.74. The Hall–Kier alpha value is -3.16. The van der Waals surface area contributed by atoms with Crippen molar-refractivity contribution in [2.75, 3.05) is 16.7 Å². The number of ether oxygens (including phenoxy) is 1. The fraction of sp³-hybridized carbons (Fsp3) is 0.407. The standard InChI is InChI=1S/C27H33F3N4O4S2/c1-16(2)33(7)13-20-17(3)8-9-21(28)19(20)12-31-18-10-22(29)25(23(30)11-18)40(36,37)34(24-14-39-15-32-24)26(35)38-27(4,5)6/h8-11,14-16,31H,12-13H2,1-7H3. The van der Waals surface area contributed by atoms with E-state index in [1.807, 2.05) is 32.7 Å². The monoisotopic (exact) mass is 598 g/mol. The van der Waals surface area contributed by atoms with Crippen molar-refractivity contribution in [1.29, 1.82) is 0 Å². The van der Waals surface area contributed by atoms with Crippen LogP contribution in [0.15, 0.2) is 40.1 Å². The molecule has 0 saturated heterocycles. The Morgan fingerprint density at radius 3 is 2.25 bits per heavy atom. The predicted octanol–water partition coefficient (Wildman–Crippen LogP) is 6.45. The molecular weight excluding hydrogens is 565 g/mol. The SMILES string of the molecule is Cc1ccc(F)c(CNc2cc(F)c(S(=O)(=O)N(C(=O)OC(C)(C)C)c3cscn3)c(F)c2)c1CN(C)C(C)C. The zero-order valence-electron chi connectivity index (χ0n) is 23.4. The molecule has 1 amide bonds. The van der Waals surface area contributed by atoms with E-state index in [0.717, 1.165) is 34.6 Å². The Morgan fingerprint density at radius 2 is 1.73 bits per heavy atom. The lowest BCUT2D eigenvalue weighted by molar-refractivity contribution is 0.0608. The minimum Gasteiger partial charge on any atom is -0.443 e. The first-order valence-corrected chi connectivity index (χ1v) is 14.8. The van der Waals surface area contributed by atoms with Gasteiger partial charge in [0.1, 0.15) is 23.1 Å². The summed E-state index contributed by atoms with van der Waals surface area (Å²) in [5, 5.41) is 4.03. The van der Waals surface area contributed by atoms with Crippen LogP contribution in [0.1, 0.15) is 51.3 Å². The number of aryl methyl sites for hydroxylation is 1. The lowest BCUT2D eigenvalue weighted by atomic mass is 10.00. The zero-order chi connectivity index (χ0) is 30.0.